The molecule has 0 saturated heterocycles. The van der Waals surface area contributed by atoms with Crippen molar-refractivity contribution in [1.82, 2.24) is 9.97 Å². The maximum atomic E-state index is 13.0. The fourth-order valence-corrected chi connectivity index (χ4v) is 3.59. The van der Waals surface area contributed by atoms with Crippen LogP contribution in [0.3, 0.4) is 0 Å². The highest BCUT2D eigenvalue weighted by Gasteiger charge is 2.20. The Morgan fingerprint density at radius 3 is 2.27 bits per heavy atom. The Morgan fingerprint density at radius 2 is 1.54 bits per heavy atom. The Bertz CT molecular complexity index is 1500. The second-order valence-electron chi connectivity index (χ2n) is 7.68. The van der Waals surface area contributed by atoms with Gasteiger partial charge in [0, 0.05) is 23.3 Å². The molecule has 4 aromatic rings. The van der Waals surface area contributed by atoms with E-state index in [1.165, 1.54) is 32.4 Å². The topological polar surface area (TPSA) is 134 Å². The minimum Gasteiger partial charge on any atom is -0.465 e. The fraction of sp³-hybridized carbons (Fsp3) is 0.111. The first kappa shape index (κ1) is 25.0. The summed E-state index contributed by atoms with van der Waals surface area (Å²) >= 11 is 0. The molecule has 37 heavy (non-hydrogen) atoms. The van der Waals surface area contributed by atoms with E-state index in [4.69, 9.17) is 9.47 Å². The van der Waals surface area contributed by atoms with Gasteiger partial charge in [0.25, 0.3) is 5.91 Å². The van der Waals surface area contributed by atoms with E-state index in [-0.39, 0.29) is 22.4 Å². The monoisotopic (exact) mass is 499 g/mol. The first-order valence-electron chi connectivity index (χ1n) is 11.0. The molecule has 0 saturated carbocycles. The highest BCUT2D eigenvalue weighted by atomic mass is 16.5. The Balaban J connectivity index is 1.56. The summed E-state index contributed by atoms with van der Waals surface area (Å²) in [6.07, 6.45) is 3.23. The lowest BCUT2D eigenvalue weighted by atomic mass is 10.0. The number of nitrogens with one attached hydrogen (secondary N) is 1. The van der Waals surface area contributed by atoms with Gasteiger partial charge in [0.2, 0.25) is 0 Å². The predicted molar refractivity (Wildman–Crippen MR) is 133 cm³/mol. The number of esters is 3. The van der Waals surface area contributed by atoms with Crippen LogP contribution in [-0.2, 0) is 19.0 Å². The largest absolute Gasteiger partial charge is 0.465 e. The molecule has 0 bridgehead atoms. The summed E-state index contributed by atoms with van der Waals surface area (Å²) in [5.41, 5.74) is 2.23. The second kappa shape index (κ2) is 11.1. The van der Waals surface area contributed by atoms with E-state index in [1.807, 2.05) is 0 Å². The number of rotatable bonds is 7. The Labute approximate surface area is 211 Å². The highest BCUT2D eigenvalue weighted by Crippen LogP contribution is 2.25. The second-order valence-corrected chi connectivity index (χ2v) is 7.68. The normalized spacial score (nSPS) is 10.4. The molecule has 0 spiro atoms. The molecule has 186 valence electrons. The molecule has 0 radical (unpaired) electrons. The maximum Gasteiger partial charge on any atom is 0.339 e. The lowest BCUT2D eigenvalue weighted by Crippen LogP contribution is -2.23. The van der Waals surface area contributed by atoms with Gasteiger partial charge in [-0.25, -0.2) is 19.4 Å². The number of hydrogen-bond donors (Lipinski definition) is 1. The van der Waals surface area contributed by atoms with E-state index in [0.29, 0.717) is 16.6 Å². The molecule has 0 aliphatic heterocycles. The number of pyridine rings is 2. The average molecular weight is 499 g/mol. The summed E-state index contributed by atoms with van der Waals surface area (Å²) in [5.74, 6) is -2.85. The van der Waals surface area contributed by atoms with Crippen LogP contribution in [0.5, 0.6) is 0 Å². The van der Waals surface area contributed by atoms with Crippen molar-refractivity contribution in [2.75, 3.05) is 26.1 Å². The fourth-order valence-electron chi connectivity index (χ4n) is 3.59. The SMILES string of the molecule is COC(=O)c1ccc(C(=O)OC)c(NC(=O)COC(=O)c2cc(-c3ccncc3)nc3ccccc23)c1. The molecule has 2 heterocycles. The number of methoxy groups -OCH3 is 2. The van der Waals surface area contributed by atoms with Crippen molar-refractivity contribution in [3.8, 4) is 11.3 Å². The van der Waals surface area contributed by atoms with Crippen molar-refractivity contribution < 1.29 is 33.4 Å². The summed E-state index contributed by atoms with van der Waals surface area (Å²) in [6.45, 7) is -0.650. The minimum atomic E-state index is -0.736. The molecule has 0 fully saturated rings. The van der Waals surface area contributed by atoms with Crippen LogP contribution in [0.15, 0.2) is 73.1 Å². The standard InChI is InChI=1S/C27H21N3O7/c1-35-25(32)17-7-8-19(26(33)36-2)23(13-17)30-24(31)15-37-27(34)20-14-22(16-9-11-28-12-10-16)29-21-6-4-3-5-18(20)21/h3-14H,15H2,1-2H3,(H,30,31). The number of para-hydroxylation sites is 1. The number of nitrogens with zero attached hydrogens (tertiary/aromatic N) is 2. The molecule has 4 rings (SSSR count). The molecular weight excluding hydrogens is 478 g/mol. The third-order valence-electron chi connectivity index (χ3n) is 5.37. The van der Waals surface area contributed by atoms with Gasteiger partial charge in [-0.3, -0.25) is 9.78 Å². The Kier molecular flexibility index (Phi) is 7.48. The van der Waals surface area contributed by atoms with Crippen LogP contribution in [0.1, 0.15) is 31.1 Å². The van der Waals surface area contributed by atoms with Crippen molar-refractivity contribution in [3.05, 3.63) is 89.7 Å². The lowest BCUT2D eigenvalue weighted by molar-refractivity contribution is -0.119. The number of anilines is 1. The van der Waals surface area contributed by atoms with E-state index in [0.717, 1.165) is 5.56 Å². The summed E-state index contributed by atoms with van der Waals surface area (Å²) in [7, 11) is 2.39. The van der Waals surface area contributed by atoms with E-state index in [2.05, 4.69) is 20.0 Å². The van der Waals surface area contributed by atoms with Crippen LogP contribution in [-0.4, -0.2) is 54.6 Å². The zero-order chi connectivity index (χ0) is 26.4. The van der Waals surface area contributed by atoms with Crippen molar-refractivity contribution >= 4 is 40.4 Å². The van der Waals surface area contributed by atoms with Gasteiger partial charge in [-0.2, -0.15) is 0 Å². The van der Waals surface area contributed by atoms with Crippen molar-refractivity contribution in [2.45, 2.75) is 0 Å². The number of amides is 1. The predicted octanol–water partition coefficient (Wildman–Crippen LogP) is 3.67. The summed E-state index contributed by atoms with van der Waals surface area (Å²) in [5, 5.41) is 3.04. The summed E-state index contributed by atoms with van der Waals surface area (Å²) in [4.78, 5) is 58.3. The molecule has 10 heteroatoms. The smallest absolute Gasteiger partial charge is 0.339 e. The summed E-state index contributed by atoms with van der Waals surface area (Å²) in [6, 6.07) is 16.1. The van der Waals surface area contributed by atoms with Gasteiger partial charge in [0.1, 0.15) is 0 Å². The highest BCUT2D eigenvalue weighted by molar-refractivity contribution is 6.07. The first-order chi connectivity index (χ1) is 17.9. The van der Waals surface area contributed by atoms with E-state index >= 15 is 0 Å². The van der Waals surface area contributed by atoms with Crippen LogP contribution in [0.25, 0.3) is 22.2 Å². The van der Waals surface area contributed by atoms with E-state index < -0.39 is 30.4 Å². The van der Waals surface area contributed by atoms with Crippen LogP contribution in [0, 0.1) is 0 Å². The number of carbonyl (C=O) groups is 4. The third kappa shape index (κ3) is 5.59. The minimum absolute atomic E-state index is 0.00475. The van der Waals surface area contributed by atoms with Gasteiger partial charge in [-0.05, 0) is 42.5 Å². The van der Waals surface area contributed by atoms with Crippen LogP contribution >= 0.6 is 0 Å². The molecule has 10 nitrogen and oxygen atoms in total. The molecule has 0 atom stereocenters. The van der Waals surface area contributed by atoms with Gasteiger partial charge in [0.15, 0.2) is 6.61 Å². The third-order valence-corrected chi connectivity index (χ3v) is 5.37. The van der Waals surface area contributed by atoms with E-state index in [9.17, 15) is 19.2 Å². The zero-order valence-corrected chi connectivity index (χ0v) is 19.9. The average Bonchev–Trinajstić information content (AvgIpc) is 2.94. The quantitative estimate of drug-likeness (QED) is 0.299. The number of carbonyl (C=O) groups excluding carboxylic acids is 4. The molecule has 2 aromatic heterocycles. The van der Waals surface area contributed by atoms with Crippen LogP contribution < -0.4 is 5.32 Å². The van der Waals surface area contributed by atoms with Crippen LogP contribution in [0.2, 0.25) is 0 Å². The molecular formula is C27H21N3O7. The lowest BCUT2D eigenvalue weighted by Gasteiger charge is -2.12. The zero-order valence-electron chi connectivity index (χ0n) is 19.9. The molecule has 0 aliphatic rings. The van der Waals surface area contributed by atoms with Gasteiger partial charge in [0.05, 0.1) is 47.8 Å². The Morgan fingerprint density at radius 1 is 0.811 bits per heavy atom. The molecule has 0 aliphatic carbocycles. The maximum absolute atomic E-state index is 13.0. The molecule has 0 unspecified atom stereocenters. The van der Waals surface area contributed by atoms with Crippen molar-refractivity contribution in [1.29, 1.82) is 0 Å². The first-order valence-corrected chi connectivity index (χ1v) is 11.0. The molecule has 1 amide bonds. The number of hydrogen-bond acceptors (Lipinski definition) is 9. The van der Waals surface area contributed by atoms with Gasteiger partial charge in [-0.1, -0.05) is 18.2 Å². The van der Waals surface area contributed by atoms with Gasteiger partial charge < -0.3 is 19.5 Å². The van der Waals surface area contributed by atoms with Crippen LogP contribution in [0.4, 0.5) is 5.69 Å². The van der Waals surface area contributed by atoms with Crippen molar-refractivity contribution in [3.63, 3.8) is 0 Å². The van der Waals surface area contributed by atoms with Gasteiger partial charge >= 0.3 is 17.9 Å². The number of ether oxygens (including phenoxy) is 3. The number of benzene rings is 2. The van der Waals surface area contributed by atoms with Crippen molar-refractivity contribution in [2.24, 2.45) is 0 Å². The molecule has 2 aromatic carbocycles. The molecule has 1 N–H and O–H groups in total. The Hall–Kier alpha value is -5.12. The summed E-state index contributed by atoms with van der Waals surface area (Å²) < 4.78 is 14.7. The number of aromatic nitrogens is 2. The number of fused-ring (bicyclic) bond motifs is 1. The van der Waals surface area contributed by atoms with Gasteiger partial charge in [-0.15, -0.1) is 0 Å². The van der Waals surface area contributed by atoms with E-state index in [1.54, 1.807) is 54.9 Å².